The van der Waals surface area contributed by atoms with Crippen molar-refractivity contribution in [3.63, 3.8) is 0 Å². The average molecular weight is 363 g/mol. The largest absolute Gasteiger partial charge is 0.493 e. The first-order valence-corrected chi connectivity index (χ1v) is 9.88. The first-order chi connectivity index (χ1) is 12.6. The SMILES string of the molecule is COc1ccc(C(C)CO[C@H]2CCCC[C@@H]2N2CC[C@@H](O)C2)cc1OC. The molecule has 5 nitrogen and oxygen atoms in total. The fourth-order valence-corrected chi connectivity index (χ4v) is 4.28. The van der Waals surface area contributed by atoms with Crippen LogP contribution in [0.2, 0.25) is 0 Å². The second-order valence-corrected chi connectivity index (χ2v) is 7.68. The van der Waals surface area contributed by atoms with Gasteiger partial charge in [0.05, 0.1) is 33.0 Å². The Balaban J connectivity index is 1.59. The third-order valence-corrected chi connectivity index (χ3v) is 5.87. The Morgan fingerprint density at radius 2 is 1.88 bits per heavy atom. The Morgan fingerprint density at radius 1 is 1.12 bits per heavy atom. The van der Waals surface area contributed by atoms with E-state index in [0.717, 1.165) is 37.4 Å². The number of methoxy groups -OCH3 is 2. The van der Waals surface area contributed by atoms with E-state index in [0.29, 0.717) is 18.6 Å². The molecule has 3 rings (SSSR count). The molecule has 1 aliphatic heterocycles. The third kappa shape index (κ3) is 4.51. The highest BCUT2D eigenvalue weighted by molar-refractivity contribution is 5.43. The van der Waals surface area contributed by atoms with Crippen LogP contribution in [0, 0.1) is 0 Å². The second-order valence-electron chi connectivity index (χ2n) is 7.68. The number of benzene rings is 1. The molecule has 1 heterocycles. The van der Waals surface area contributed by atoms with Crippen LogP contribution in [0.4, 0.5) is 0 Å². The number of likely N-dealkylation sites (tertiary alicyclic amines) is 1. The van der Waals surface area contributed by atoms with Gasteiger partial charge in [0.25, 0.3) is 0 Å². The molecule has 0 radical (unpaired) electrons. The van der Waals surface area contributed by atoms with Gasteiger partial charge in [-0.1, -0.05) is 25.8 Å². The number of rotatable bonds is 7. The van der Waals surface area contributed by atoms with Crippen LogP contribution in [-0.4, -0.2) is 62.2 Å². The monoisotopic (exact) mass is 363 g/mol. The molecule has 0 spiro atoms. The molecule has 1 N–H and O–H groups in total. The molecule has 2 aliphatic rings. The van der Waals surface area contributed by atoms with E-state index in [1.807, 2.05) is 12.1 Å². The number of aliphatic hydroxyl groups excluding tert-OH is 1. The number of hydrogen-bond donors (Lipinski definition) is 1. The van der Waals surface area contributed by atoms with E-state index in [2.05, 4.69) is 17.9 Å². The van der Waals surface area contributed by atoms with Crippen LogP contribution in [0.3, 0.4) is 0 Å². The molecule has 1 saturated heterocycles. The van der Waals surface area contributed by atoms with Gasteiger partial charge in [0.1, 0.15) is 0 Å². The lowest BCUT2D eigenvalue weighted by Crippen LogP contribution is -2.46. The Hall–Kier alpha value is -1.30. The van der Waals surface area contributed by atoms with Crippen molar-refractivity contribution >= 4 is 0 Å². The van der Waals surface area contributed by atoms with Gasteiger partial charge in [-0.25, -0.2) is 0 Å². The van der Waals surface area contributed by atoms with Gasteiger partial charge >= 0.3 is 0 Å². The molecule has 0 amide bonds. The quantitative estimate of drug-likeness (QED) is 0.806. The highest BCUT2D eigenvalue weighted by atomic mass is 16.5. The van der Waals surface area contributed by atoms with Crippen molar-refractivity contribution in [1.29, 1.82) is 0 Å². The lowest BCUT2D eigenvalue weighted by molar-refractivity contribution is -0.0366. The van der Waals surface area contributed by atoms with Crippen LogP contribution in [0.5, 0.6) is 11.5 Å². The van der Waals surface area contributed by atoms with Crippen LogP contribution >= 0.6 is 0 Å². The van der Waals surface area contributed by atoms with Crippen LogP contribution < -0.4 is 9.47 Å². The van der Waals surface area contributed by atoms with Gasteiger partial charge in [-0.15, -0.1) is 0 Å². The second kappa shape index (κ2) is 9.07. The minimum absolute atomic E-state index is 0.164. The van der Waals surface area contributed by atoms with E-state index < -0.39 is 0 Å². The lowest BCUT2D eigenvalue weighted by atomic mass is 9.91. The molecular weight excluding hydrogens is 330 g/mol. The van der Waals surface area contributed by atoms with Crippen molar-refractivity contribution in [2.75, 3.05) is 33.9 Å². The maximum Gasteiger partial charge on any atom is 0.160 e. The molecule has 5 heteroatoms. The van der Waals surface area contributed by atoms with Crippen LogP contribution in [0.15, 0.2) is 18.2 Å². The number of ether oxygens (including phenoxy) is 3. The topological polar surface area (TPSA) is 51.2 Å². The molecule has 1 aromatic carbocycles. The van der Waals surface area contributed by atoms with Gasteiger partial charge in [-0.2, -0.15) is 0 Å². The molecular formula is C21H33NO4. The minimum atomic E-state index is -0.164. The number of hydrogen-bond acceptors (Lipinski definition) is 5. The van der Waals surface area contributed by atoms with Crippen molar-refractivity contribution in [2.45, 2.75) is 63.2 Å². The zero-order chi connectivity index (χ0) is 18.5. The van der Waals surface area contributed by atoms with Crippen molar-refractivity contribution in [3.05, 3.63) is 23.8 Å². The molecule has 1 aliphatic carbocycles. The average Bonchev–Trinajstić information content (AvgIpc) is 3.11. The predicted octanol–water partition coefficient (Wildman–Crippen LogP) is 3.20. The van der Waals surface area contributed by atoms with Gasteiger partial charge in [0, 0.05) is 25.0 Å². The first-order valence-electron chi connectivity index (χ1n) is 9.88. The minimum Gasteiger partial charge on any atom is -0.493 e. The molecule has 146 valence electrons. The fraction of sp³-hybridized carbons (Fsp3) is 0.714. The lowest BCUT2D eigenvalue weighted by Gasteiger charge is -2.38. The summed E-state index contributed by atoms with van der Waals surface area (Å²) in [5.41, 5.74) is 1.20. The van der Waals surface area contributed by atoms with Crippen LogP contribution in [-0.2, 0) is 4.74 Å². The Labute approximate surface area is 157 Å². The van der Waals surface area contributed by atoms with Crippen molar-refractivity contribution in [1.82, 2.24) is 4.90 Å². The van der Waals surface area contributed by atoms with E-state index in [-0.39, 0.29) is 12.2 Å². The van der Waals surface area contributed by atoms with E-state index in [4.69, 9.17) is 14.2 Å². The number of aliphatic hydroxyl groups is 1. The molecule has 1 aromatic rings. The molecule has 1 saturated carbocycles. The van der Waals surface area contributed by atoms with Gasteiger partial charge in [0.2, 0.25) is 0 Å². The summed E-state index contributed by atoms with van der Waals surface area (Å²) >= 11 is 0. The van der Waals surface area contributed by atoms with Gasteiger partial charge in [-0.05, 0) is 37.0 Å². The molecule has 2 fully saturated rings. The van der Waals surface area contributed by atoms with Crippen LogP contribution in [0.25, 0.3) is 0 Å². The summed E-state index contributed by atoms with van der Waals surface area (Å²) in [6, 6.07) is 6.55. The van der Waals surface area contributed by atoms with Crippen LogP contribution in [0.1, 0.15) is 50.5 Å². The molecule has 0 aromatic heterocycles. The number of nitrogens with zero attached hydrogens (tertiary/aromatic N) is 1. The summed E-state index contributed by atoms with van der Waals surface area (Å²) < 4.78 is 17.1. The summed E-state index contributed by atoms with van der Waals surface area (Å²) in [5.74, 6) is 1.81. The third-order valence-electron chi connectivity index (χ3n) is 5.87. The summed E-state index contributed by atoms with van der Waals surface area (Å²) in [6.45, 7) is 4.69. The Kier molecular flexibility index (Phi) is 6.79. The zero-order valence-electron chi connectivity index (χ0n) is 16.3. The van der Waals surface area contributed by atoms with E-state index in [1.165, 1.54) is 24.8 Å². The summed E-state index contributed by atoms with van der Waals surface area (Å²) in [7, 11) is 3.32. The zero-order valence-corrected chi connectivity index (χ0v) is 16.3. The molecule has 26 heavy (non-hydrogen) atoms. The highest BCUT2D eigenvalue weighted by Gasteiger charge is 2.34. The van der Waals surface area contributed by atoms with Crippen molar-refractivity contribution in [3.8, 4) is 11.5 Å². The molecule has 0 bridgehead atoms. The number of β-amino-alcohol motifs (C(OH)–C–C–N with tert-alkyl or cyclic N) is 1. The highest BCUT2D eigenvalue weighted by Crippen LogP contribution is 2.32. The van der Waals surface area contributed by atoms with E-state index in [9.17, 15) is 5.11 Å². The van der Waals surface area contributed by atoms with Gasteiger partial charge in [-0.3, -0.25) is 4.90 Å². The maximum atomic E-state index is 9.87. The van der Waals surface area contributed by atoms with Gasteiger partial charge < -0.3 is 19.3 Å². The van der Waals surface area contributed by atoms with Gasteiger partial charge in [0.15, 0.2) is 11.5 Å². The van der Waals surface area contributed by atoms with E-state index >= 15 is 0 Å². The molecule has 4 atom stereocenters. The van der Waals surface area contributed by atoms with E-state index in [1.54, 1.807) is 14.2 Å². The molecule has 1 unspecified atom stereocenters. The standard InChI is InChI=1S/C21H33NO4/c1-15(16-8-9-20(24-2)21(12-16)25-3)14-26-19-7-5-4-6-18(19)22-11-10-17(23)13-22/h8-9,12,15,17-19,23H,4-7,10-11,13-14H2,1-3H3/t15?,17-,18+,19+/m1/s1. The smallest absolute Gasteiger partial charge is 0.160 e. The summed E-state index contributed by atoms with van der Waals surface area (Å²) in [4.78, 5) is 2.44. The predicted molar refractivity (Wildman–Crippen MR) is 102 cm³/mol. The Bertz CT molecular complexity index is 579. The Morgan fingerprint density at radius 3 is 2.58 bits per heavy atom. The van der Waals surface area contributed by atoms with Crippen molar-refractivity contribution in [2.24, 2.45) is 0 Å². The summed E-state index contributed by atoms with van der Waals surface area (Å²) in [5, 5.41) is 9.87. The maximum absolute atomic E-state index is 9.87. The fourth-order valence-electron chi connectivity index (χ4n) is 4.28. The summed E-state index contributed by atoms with van der Waals surface area (Å²) in [6.07, 6.45) is 5.81. The van der Waals surface area contributed by atoms with Crippen molar-refractivity contribution < 1.29 is 19.3 Å². The normalized spacial score (nSPS) is 28.1. The first kappa shape index (κ1) is 19.5.